The highest BCUT2D eigenvalue weighted by Gasteiger charge is 1.99. The van der Waals surface area contributed by atoms with Gasteiger partial charge in [0.05, 0.1) is 11.4 Å². The van der Waals surface area contributed by atoms with Gasteiger partial charge in [0.25, 0.3) is 0 Å². The molecule has 0 saturated heterocycles. The van der Waals surface area contributed by atoms with E-state index in [1.165, 1.54) is 5.56 Å². The van der Waals surface area contributed by atoms with E-state index in [-0.39, 0.29) is 0 Å². The molecule has 0 fully saturated rings. The lowest BCUT2D eigenvalue weighted by Crippen LogP contribution is -2.16. The van der Waals surface area contributed by atoms with Gasteiger partial charge < -0.3 is 16.4 Å². The fourth-order valence-electron chi connectivity index (χ4n) is 1.15. The largest absolute Gasteiger partial charge is 0.397 e. The highest BCUT2D eigenvalue weighted by Crippen LogP contribution is 2.16. The molecule has 0 aliphatic heterocycles. The third kappa shape index (κ3) is 2.63. The second kappa shape index (κ2) is 4.14. The first-order chi connectivity index (χ1) is 6.13. The van der Waals surface area contributed by atoms with Gasteiger partial charge in [0, 0.05) is 6.54 Å². The van der Waals surface area contributed by atoms with Crippen molar-refractivity contribution < 1.29 is 0 Å². The third-order valence-corrected chi connectivity index (χ3v) is 2.14. The zero-order valence-corrected chi connectivity index (χ0v) is 8.25. The smallest absolute Gasteiger partial charge is 0.0551 e. The predicted molar refractivity (Wildman–Crippen MR) is 57.3 cm³/mol. The molecule has 0 amide bonds. The van der Waals surface area contributed by atoms with Crippen LogP contribution >= 0.6 is 0 Å². The Balaban J connectivity index is 2.73. The molecule has 3 nitrogen and oxygen atoms in total. The van der Waals surface area contributed by atoms with E-state index in [1.807, 2.05) is 18.2 Å². The molecule has 3 heteroatoms. The van der Waals surface area contributed by atoms with Crippen molar-refractivity contribution in [1.82, 2.24) is 4.90 Å². The van der Waals surface area contributed by atoms with E-state index in [1.54, 1.807) is 0 Å². The first kappa shape index (κ1) is 9.86. The summed E-state index contributed by atoms with van der Waals surface area (Å²) in [6.07, 6.45) is 0. The maximum atomic E-state index is 5.69. The van der Waals surface area contributed by atoms with E-state index < -0.39 is 0 Å². The molecule has 1 aromatic carbocycles. The zero-order valence-electron chi connectivity index (χ0n) is 8.25. The van der Waals surface area contributed by atoms with Gasteiger partial charge in [-0.15, -0.1) is 0 Å². The van der Waals surface area contributed by atoms with Crippen molar-refractivity contribution in [3.8, 4) is 0 Å². The summed E-state index contributed by atoms with van der Waals surface area (Å²) in [5.41, 5.74) is 13.8. The van der Waals surface area contributed by atoms with Crippen molar-refractivity contribution in [2.75, 3.05) is 25.1 Å². The van der Waals surface area contributed by atoms with Gasteiger partial charge in [0.15, 0.2) is 0 Å². The van der Waals surface area contributed by atoms with E-state index in [2.05, 4.69) is 18.9 Å². The summed E-state index contributed by atoms with van der Waals surface area (Å²) < 4.78 is 0. The molecule has 4 N–H and O–H groups in total. The molecule has 0 bridgehead atoms. The summed E-state index contributed by atoms with van der Waals surface area (Å²) in [7, 11) is 2.08. The minimum Gasteiger partial charge on any atom is -0.397 e. The van der Waals surface area contributed by atoms with Crippen LogP contribution in [0.5, 0.6) is 0 Å². The third-order valence-electron chi connectivity index (χ3n) is 2.14. The highest BCUT2D eigenvalue weighted by atomic mass is 15.1. The maximum absolute atomic E-state index is 5.69. The fourth-order valence-corrected chi connectivity index (χ4v) is 1.15. The quantitative estimate of drug-likeness (QED) is 0.688. The molecule has 0 aromatic heterocycles. The van der Waals surface area contributed by atoms with Crippen LogP contribution in [-0.4, -0.2) is 18.5 Å². The van der Waals surface area contributed by atoms with Gasteiger partial charge in [0.1, 0.15) is 0 Å². The van der Waals surface area contributed by atoms with Crippen molar-refractivity contribution >= 4 is 11.4 Å². The first-order valence-electron chi connectivity index (χ1n) is 4.46. The number of nitrogens with two attached hydrogens (primary N) is 2. The minimum absolute atomic E-state index is 0.655. The van der Waals surface area contributed by atoms with Gasteiger partial charge in [-0.1, -0.05) is 13.0 Å². The molecule has 0 radical (unpaired) electrons. The zero-order chi connectivity index (χ0) is 9.84. The Labute approximate surface area is 79.3 Å². The van der Waals surface area contributed by atoms with Crippen molar-refractivity contribution in [2.24, 2.45) is 0 Å². The van der Waals surface area contributed by atoms with Gasteiger partial charge in [-0.05, 0) is 31.3 Å². The lowest BCUT2D eigenvalue weighted by molar-refractivity contribution is 0.346. The molecule has 72 valence electrons. The summed E-state index contributed by atoms with van der Waals surface area (Å²) >= 11 is 0. The van der Waals surface area contributed by atoms with Gasteiger partial charge in [-0.3, -0.25) is 0 Å². The van der Waals surface area contributed by atoms with E-state index in [4.69, 9.17) is 11.5 Å². The number of nitrogen functional groups attached to an aromatic ring is 2. The Kier molecular flexibility index (Phi) is 3.14. The molecule has 0 aliphatic carbocycles. The van der Waals surface area contributed by atoms with E-state index in [0.717, 1.165) is 13.1 Å². The van der Waals surface area contributed by atoms with Gasteiger partial charge in [0.2, 0.25) is 0 Å². The first-order valence-corrected chi connectivity index (χ1v) is 4.46. The van der Waals surface area contributed by atoms with Gasteiger partial charge in [-0.2, -0.15) is 0 Å². The predicted octanol–water partition coefficient (Wildman–Crippen LogP) is 1.30. The Morgan fingerprint density at radius 3 is 2.46 bits per heavy atom. The van der Waals surface area contributed by atoms with Crippen LogP contribution in [0, 0.1) is 0 Å². The number of hydrogen-bond acceptors (Lipinski definition) is 3. The van der Waals surface area contributed by atoms with Crippen molar-refractivity contribution in [3.63, 3.8) is 0 Å². The fraction of sp³-hybridized carbons (Fsp3) is 0.400. The number of rotatable bonds is 3. The summed E-state index contributed by atoms with van der Waals surface area (Å²) in [5.74, 6) is 0. The lowest BCUT2D eigenvalue weighted by atomic mass is 10.1. The van der Waals surface area contributed by atoms with E-state index in [9.17, 15) is 0 Å². The Bertz CT molecular complexity index is 283. The van der Waals surface area contributed by atoms with Crippen LogP contribution in [0.3, 0.4) is 0 Å². The lowest BCUT2D eigenvalue weighted by Gasteiger charge is -2.14. The molecule has 0 spiro atoms. The minimum atomic E-state index is 0.655. The molecule has 0 unspecified atom stereocenters. The molecular formula is C10H17N3. The summed E-state index contributed by atoms with van der Waals surface area (Å²) in [4.78, 5) is 2.21. The average Bonchev–Trinajstić information content (AvgIpc) is 2.11. The average molecular weight is 179 g/mol. The van der Waals surface area contributed by atoms with Crippen molar-refractivity contribution in [2.45, 2.75) is 13.5 Å². The highest BCUT2D eigenvalue weighted by molar-refractivity contribution is 5.63. The topological polar surface area (TPSA) is 55.3 Å². The maximum Gasteiger partial charge on any atom is 0.0551 e. The van der Waals surface area contributed by atoms with Gasteiger partial charge >= 0.3 is 0 Å². The molecular weight excluding hydrogens is 162 g/mol. The van der Waals surface area contributed by atoms with Crippen LogP contribution in [0.2, 0.25) is 0 Å². The number of hydrogen-bond donors (Lipinski definition) is 2. The molecule has 0 atom stereocenters. The molecule has 13 heavy (non-hydrogen) atoms. The summed E-state index contributed by atoms with van der Waals surface area (Å²) in [5, 5.41) is 0. The SMILES string of the molecule is CCN(C)Cc1ccc(N)c(N)c1. The number of nitrogens with zero attached hydrogens (tertiary/aromatic N) is 1. The molecule has 1 aromatic rings. The standard InChI is InChI=1S/C10H17N3/c1-3-13(2)7-8-4-5-9(11)10(12)6-8/h4-6H,3,7,11-12H2,1-2H3. The van der Waals surface area contributed by atoms with Crippen molar-refractivity contribution in [3.05, 3.63) is 23.8 Å². The Morgan fingerprint density at radius 2 is 1.92 bits per heavy atom. The van der Waals surface area contributed by atoms with Crippen LogP contribution in [0.15, 0.2) is 18.2 Å². The number of benzene rings is 1. The van der Waals surface area contributed by atoms with Gasteiger partial charge in [-0.25, -0.2) is 0 Å². The summed E-state index contributed by atoms with van der Waals surface area (Å²) in [6.45, 7) is 4.08. The van der Waals surface area contributed by atoms with Crippen LogP contribution in [0.25, 0.3) is 0 Å². The monoisotopic (exact) mass is 179 g/mol. The second-order valence-corrected chi connectivity index (χ2v) is 3.29. The van der Waals surface area contributed by atoms with Crippen LogP contribution < -0.4 is 11.5 Å². The second-order valence-electron chi connectivity index (χ2n) is 3.29. The van der Waals surface area contributed by atoms with Crippen molar-refractivity contribution in [1.29, 1.82) is 0 Å². The molecule has 0 aliphatic rings. The summed E-state index contributed by atoms with van der Waals surface area (Å²) in [6, 6.07) is 5.80. The molecule has 0 saturated carbocycles. The normalized spacial score (nSPS) is 10.7. The Hall–Kier alpha value is -1.22. The van der Waals surface area contributed by atoms with Crippen LogP contribution in [0.4, 0.5) is 11.4 Å². The van der Waals surface area contributed by atoms with E-state index in [0.29, 0.717) is 11.4 Å². The molecule has 0 heterocycles. The van der Waals surface area contributed by atoms with Crippen LogP contribution in [-0.2, 0) is 6.54 Å². The Morgan fingerprint density at radius 1 is 1.23 bits per heavy atom. The number of anilines is 2. The van der Waals surface area contributed by atoms with Crippen LogP contribution in [0.1, 0.15) is 12.5 Å². The molecule has 1 rings (SSSR count). The van der Waals surface area contributed by atoms with E-state index >= 15 is 0 Å².